The lowest BCUT2D eigenvalue weighted by molar-refractivity contribution is -0.143. The number of ether oxygens (including phenoxy) is 1. The zero-order valence-electron chi connectivity index (χ0n) is 14.9. The predicted octanol–water partition coefficient (Wildman–Crippen LogP) is 2.06. The van der Waals surface area contributed by atoms with Gasteiger partial charge in [0.15, 0.2) is 0 Å². The van der Waals surface area contributed by atoms with Crippen molar-refractivity contribution in [3.05, 3.63) is 78.1 Å². The quantitative estimate of drug-likeness (QED) is 0.694. The Balaban J connectivity index is 1.54. The fourth-order valence-electron chi connectivity index (χ4n) is 3.37. The average molecular weight is 363 g/mol. The number of amides is 1. The van der Waals surface area contributed by atoms with Gasteiger partial charge in [0.2, 0.25) is 5.91 Å². The van der Waals surface area contributed by atoms with Gasteiger partial charge in [0.1, 0.15) is 18.5 Å². The minimum Gasteiger partial charge on any atom is -0.370 e. The molecule has 3 aromatic rings. The Hall–Kier alpha value is -3.06. The maximum Gasteiger partial charge on any atom is 0.248 e. The summed E-state index contributed by atoms with van der Waals surface area (Å²) in [6, 6.07) is 19.4. The Morgan fingerprint density at radius 3 is 2.56 bits per heavy atom. The molecule has 7 nitrogen and oxygen atoms in total. The van der Waals surface area contributed by atoms with Gasteiger partial charge in [-0.2, -0.15) is 0 Å². The highest BCUT2D eigenvalue weighted by atomic mass is 16.5. The van der Waals surface area contributed by atoms with Crippen LogP contribution in [0.4, 0.5) is 0 Å². The van der Waals surface area contributed by atoms with Crippen molar-refractivity contribution in [1.29, 1.82) is 0 Å². The van der Waals surface area contributed by atoms with Gasteiger partial charge in [0, 0.05) is 13.0 Å². The van der Waals surface area contributed by atoms with Gasteiger partial charge in [-0.1, -0.05) is 60.7 Å². The number of hydrogen-bond donors (Lipinski definition) is 0. The zero-order chi connectivity index (χ0) is 18.5. The molecule has 4 rings (SSSR count). The monoisotopic (exact) mass is 363 g/mol. The van der Waals surface area contributed by atoms with E-state index in [2.05, 4.69) is 15.5 Å². The molecular weight excluding hydrogens is 342 g/mol. The summed E-state index contributed by atoms with van der Waals surface area (Å²) in [4.78, 5) is 15.2. The third-order valence-corrected chi connectivity index (χ3v) is 4.79. The van der Waals surface area contributed by atoms with E-state index in [1.807, 2.05) is 65.6 Å². The highest BCUT2D eigenvalue weighted by Gasteiger charge is 2.31. The average Bonchev–Trinajstić information content (AvgIpc) is 3.28. The SMILES string of the molecule is O=C([C@H](Cc1ccccc1)n1cnnn1)N1CCO[C@H](c2ccccc2)C1. The van der Waals surface area contributed by atoms with Gasteiger partial charge in [-0.05, 0) is 21.6 Å². The molecule has 1 aromatic heterocycles. The Kier molecular flexibility index (Phi) is 5.20. The van der Waals surface area contributed by atoms with Gasteiger partial charge in [0.05, 0.1) is 13.2 Å². The van der Waals surface area contributed by atoms with Crippen molar-refractivity contribution in [1.82, 2.24) is 25.1 Å². The van der Waals surface area contributed by atoms with Crippen molar-refractivity contribution in [2.45, 2.75) is 18.6 Å². The molecule has 1 amide bonds. The van der Waals surface area contributed by atoms with Crippen LogP contribution in [0.25, 0.3) is 0 Å². The minimum absolute atomic E-state index is 0.00961. The molecule has 27 heavy (non-hydrogen) atoms. The van der Waals surface area contributed by atoms with E-state index in [1.54, 1.807) is 4.68 Å². The van der Waals surface area contributed by atoms with Crippen molar-refractivity contribution in [2.75, 3.05) is 19.7 Å². The summed E-state index contributed by atoms with van der Waals surface area (Å²) in [5.74, 6) is 0.00961. The second kappa shape index (κ2) is 8.09. The van der Waals surface area contributed by atoms with Gasteiger partial charge in [-0.3, -0.25) is 4.79 Å². The smallest absolute Gasteiger partial charge is 0.248 e. The van der Waals surface area contributed by atoms with Gasteiger partial charge in [0.25, 0.3) is 0 Å². The van der Waals surface area contributed by atoms with E-state index in [-0.39, 0.29) is 12.0 Å². The van der Waals surface area contributed by atoms with Crippen LogP contribution in [-0.4, -0.2) is 50.7 Å². The molecule has 2 heterocycles. The lowest BCUT2D eigenvalue weighted by Crippen LogP contribution is -2.46. The fourth-order valence-corrected chi connectivity index (χ4v) is 3.37. The molecule has 0 spiro atoms. The molecule has 0 saturated carbocycles. The number of benzene rings is 2. The predicted molar refractivity (Wildman–Crippen MR) is 98.7 cm³/mol. The largest absolute Gasteiger partial charge is 0.370 e. The molecule has 1 aliphatic heterocycles. The van der Waals surface area contributed by atoms with Crippen LogP contribution in [0.15, 0.2) is 67.0 Å². The number of rotatable bonds is 5. The maximum absolute atomic E-state index is 13.3. The number of tetrazole rings is 1. The Labute approximate surface area is 157 Å². The maximum atomic E-state index is 13.3. The molecule has 1 saturated heterocycles. The molecule has 0 N–H and O–H groups in total. The summed E-state index contributed by atoms with van der Waals surface area (Å²) < 4.78 is 7.44. The Bertz CT molecular complexity index is 855. The lowest BCUT2D eigenvalue weighted by atomic mass is 10.0. The third kappa shape index (κ3) is 4.03. The molecule has 0 unspecified atom stereocenters. The minimum atomic E-state index is -0.475. The number of carbonyl (C=O) groups is 1. The van der Waals surface area contributed by atoms with Gasteiger partial charge >= 0.3 is 0 Å². The van der Waals surface area contributed by atoms with E-state index in [0.717, 1.165) is 11.1 Å². The second-order valence-corrected chi connectivity index (χ2v) is 6.55. The van der Waals surface area contributed by atoms with E-state index in [9.17, 15) is 4.79 Å². The number of carbonyl (C=O) groups excluding carboxylic acids is 1. The first-order valence-corrected chi connectivity index (χ1v) is 9.03. The molecule has 1 fully saturated rings. The molecule has 0 aliphatic carbocycles. The molecule has 0 bridgehead atoms. The van der Waals surface area contributed by atoms with E-state index in [0.29, 0.717) is 26.1 Å². The van der Waals surface area contributed by atoms with Crippen LogP contribution in [0.1, 0.15) is 23.3 Å². The molecule has 1 aliphatic rings. The van der Waals surface area contributed by atoms with E-state index in [4.69, 9.17) is 4.74 Å². The summed E-state index contributed by atoms with van der Waals surface area (Å²) in [6.07, 6.45) is 1.92. The number of hydrogen-bond acceptors (Lipinski definition) is 5. The van der Waals surface area contributed by atoms with Crippen LogP contribution in [-0.2, 0) is 16.0 Å². The topological polar surface area (TPSA) is 73.1 Å². The van der Waals surface area contributed by atoms with Crippen molar-refractivity contribution < 1.29 is 9.53 Å². The molecular formula is C20H21N5O2. The van der Waals surface area contributed by atoms with Crippen LogP contribution in [0.3, 0.4) is 0 Å². The van der Waals surface area contributed by atoms with Gasteiger partial charge < -0.3 is 9.64 Å². The third-order valence-electron chi connectivity index (χ3n) is 4.79. The second-order valence-electron chi connectivity index (χ2n) is 6.55. The van der Waals surface area contributed by atoms with Crippen LogP contribution in [0.2, 0.25) is 0 Å². The first-order chi connectivity index (χ1) is 13.3. The van der Waals surface area contributed by atoms with Crippen LogP contribution < -0.4 is 0 Å². The highest BCUT2D eigenvalue weighted by Crippen LogP contribution is 2.24. The molecule has 0 radical (unpaired) electrons. The zero-order valence-corrected chi connectivity index (χ0v) is 14.9. The highest BCUT2D eigenvalue weighted by molar-refractivity contribution is 5.80. The first kappa shape index (κ1) is 17.4. The molecule has 2 aromatic carbocycles. The van der Waals surface area contributed by atoms with Crippen molar-refractivity contribution in [3.63, 3.8) is 0 Å². The van der Waals surface area contributed by atoms with Crippen molar-refractivity contribution in [3.8, 4) is 0 Å². The fraction of sp³-hybridized carbons (Fsp3) is 0.300. The van der Waals surface area contributed by atoms with Crippen molar-refractivity contribution in [2.24, 2.45) is 0 Å². The number of morpholine rings is 1. The Morgan fingerprint density at radius 2 is 1.85 bits per heavy atom. The van der Waals surface area contributed by atoms with Crippen molar-refractivity contribution >= 4 is 5.91 Å². The molecule has 7 heteroatoms. The van der Waals surface area contributed by atoms with Crippen LogP contribution >= 0.6 is 0 Å². The molecule has 2 atom stereocenters. The summed E-state index contributed by atoms with van der Waals surface area (Å²) >= 11 is 0. The van der Waals surface area contributed by atoms with Gasteiger partial charge in [-0.25, -0.2) is 4.68 Å². The van der Waals surface area contributed by atoms with Crippen LogP contribution in [0, 0.1) is 0 Å². The summed E-state index contributed by atoms with van der Waals surface area (Å²) in [5, 5.41) is 11.4. The van der Waals surface area contributed by atoms with Gasteiger partial charge in [-0.15, -0.1) is 5.10 Å². The standard InChI is InChI=1S/C20H21N5O2/c26-20(24-11-12-27-19(14-24)17-9-5-2-6-10-17)18(25-15-21-22-23-25)13-16-7-3-1-4-8-16/h1-10,15,18-19H,11-14H2/t18-,19-/m0/s1. The lowest BCUT2D eigenvalue weighted by Gasteiger charge is -2.35. The van der Waals surface area contributed by atoms with E-state index >= 15 is 0 Å². The van der Waals surface area contributed by atoms with Crippen LogP contribution in [0.5, 0.6) is 0 Å². The summed E-state index contributed by atoms with van der Waals surface area (Å²) in [6.45, 7) is 1.60. The Morgan fingerprint density at radius 1 is 1.11 bits per heavy atom. The number of nitrogens with zero attached hydrogens (tertiary/aromatic N) is 5. The first-order valence-electron chi connectivity index (χ1n) is 9.03. The van der Waals surface area contributed by atoms with E-state index in [1.165, 1.54) is 6.33 Å². The summed E-state index contributed by atoms with van der Waals surface area (Å²) in [5.41, 5.74) is 2.15. The van der Waals surface area contributed by atoms with E-state index < -0.39 is 6.04 Å². The molecule has 138 valence electrons. The summed E-state index contributed by atoms with van der Waals surface area (Å²) in [7, 11) is 0. The normalized spacial score (nSPS) is 18.2. The number of aromatic nitrogens is 4.